The number of aromatic nitrogens is 1. The van der Waals surface area contributed by atoms with E-state index in [-0.39, 0.29) is 18.7 Å². The molecule has 1 aromatic heterocycles. The van der Waals surface area contributed by atoms with Crippen molar-refractivity contribution in [2.75, 3.05) is 31.3 Å². The van der Waals surface area contributed by atoms with Gasteiger partial charge in [-0.3, -0.25) is 4.98 Å². The maximum absolute atomic E-state index is 12.3. The van der Waals surface area contributed by atoms with E-state index in [4.69, 9.17) is 4.74 Å². The van der Waals surface area contributed by atoms with Crippen LogP contribution in [0.5, 0.6) is 0 Å². The van der Waals surface area contributed by atoms with E-state index in [0.29, 0.717) is 6.61 Å². The molecular formula is C19H23N3O3S. The van der Waals surface area contributed by atoms with E-state index in [1.165, 1.54) is 4.90 Å². The summed E-state index contributed by atoms with van der Waals surface area (Å²) in [7, 11) is 1.67. The first kappa shape index (κ1) is 18.7. The second kappa shape index (κ2) is 9.02. The zero-order valence-electron chi connectivity index (χ0n) is 14.7. The van der Waals surface area contributed by atoms with Gasteiger partial charge in [-0.25, -0.2) is 4.79 Å². The van der Waals surface area contributed by atoms with Crippen LogP contribution < -0.4 is 5.32 Å². The zero-order valence-corrected chi connectivity index (χ0v) is 15.5. The Kier molecular flexibility index (Phi) is 6.49. The predicted octanol–water partition coefficient (Wildman–Crippen LogP) is 2.64. The van der Waals surface area contributed by atoms with Gasteiger partial charge in [0.15, 0.2) is 0 Å². The van der Waals surface area contributed by atoms with E-state index in [0.717, 1.165) is 28.5 Å². The molecule has 6 nitrogen and oxygen atoms in total. The van der Waals surface area contributed by atoms with Crippen molar-refractivity contribution in [3.63, 3.8) is 0 Å². The molecule has 0 aliphatic carbocycles. The highest BCUT2D eigenvalue weighted by molar-refractivity contribution is 7.99. The molecule has 0 spiro atoms. The average Bonchev–Trinajstić information content (AvgIpc) is 3.09. The van der Waals surface area contributed by atoms with Crippen LogP contribution in [0.25, 0.3) is 0 Å². The first-order chi connectivity index (χ1) is 12.6. The summed E-state index contributed by atoms with van der Waals surface area (Å²) in [5.74, 6) is 0.949. The van der Waals surface area contributed by atoms with Crippen molar-refractivity contribution >= 4 is 23.5 Å². The topological polar surface area (TPSA) is 74.7 Å². The first-order valence-electron chi connectivity index (χ1n) is 8.56. The van der Waals surface area contributed by atoms with E-state index in [1.54, 1.807) is 18.8 Å². The molecule has 1 saturated heterocycles. The van der Waals surface area contributed by atoms with Crippen LogP contribution >= 0.6 is 11.8 Å². The number of nitrogens with zero attached hydrogens (tertiary/aromatic N) is 2. The number of hydrogen-bond acceptors (Lipinski definition) is 5. The van der Waals surface area contributed by atoms with Gasteiger partial charge in [0.1, 0.15) is 0 Å². The Morgan fingerprint density at radius 2 is 2.12 bits per heavy atom. The third-order valence-corrected chi connectivity index (χ3v) is 5.31. The lowest BCUT2D eigenvalue weighted by molar-refractivity contribution is 0.106. The summed E-state index contributed by atoms with van der Waals surface area (Å²) in [6.45, 7) is 0.629. The zero-order chi connectivity index (χ0) is 18.4. The summed E-state index contributed by atoms with van der Waals surface area (Å²) < 4.78 is 5.20. The van der Waals surface area contributed by atoms with Crippen molar-refractivity contribution in [2.45, 2.75) is 23.5 Å². The number of ether oxygens (including phenoxy) is 1. The Hall–Kier alpha value is -2.09. The number of pyridine rings is 1. The highest BCUT2D eigenvalue weighted by atomic mass is 32.2. The monoisotopic (exact) mass is 373 g/mol. The number of carbonyl (C=O) groups is 1. The molecule has 2 atom stereocenters. The predicted molar refractivity (Wildman–Crippen MR) is 103 cm³/mol. The molecular weight excluding hydrogens is 350 g/mol. The van der Waals surface area contributed by atoms with E-state index < -0.39 is 6.10 Å². The summed E-state index contributed by atoms with van der Waals surface area (Å²) in [6.07, 6.45) is 2.09. The van der Waals surface area contributed by atoms with Crippen molar-refractivity contribution in [3.8, 4) is 0 Å². The quantitative estimate of drug-likeness (QED) is 0.762. The number of likely N-dealkylation sites (N-methyl/N-ethyl adjacent to an activating group) is 1. The number of hydrogen-bond donors (Lipinski definition) is 2. The lowest BCUT2D eigenvalue weighted by Crippen LogP contribution is -2.45. The van der Waals surface area contributed by atoms with E-state index in [1.807, 2.05) is 48.7 Å². The summed E-state index contributed by atoms with van der Waals surface area (Å²) >= 11 is 1.76. The highest BCUT2D eigenvalue weighted by Gasteiger charge is 2.32. The summed E-state index contributed by atoms with van der Waals surface area (Å²) in [4.78, 5) is 19.3. The van der Waals surface area contributed by atoms with Crippen LogP contribution in [-0.4, -0.2) is 59.2 Å². The van der Waals surface area contributed by atoms with E-state index in [9.17, 15) is 9.90 Å². The van der Waals surface area contributed by atoms with Crippen molar-refractivity contribution in [3.05, 3.63) is 54.4 Å². The molecule has 0 saturated carbocycles. The Morgan fingerprint density at radius 3 is 2.77 bits per heavy atom. The van der Waals surface area contributed by atoms with Crippen LogP contribution in [0.15, 0.2) is 53.6 Å². The minimum absolute atomic E-state index is 0.255. The van der Waals surface area contributed by atoms with Gasteiger partial charge in [0.25, 0.3) is 0 Å². The lowest BCUT2D eigenvalue weighted by atomic mass is 10.2. The Morgan fingerprint density at radius 1 is 1.31 bits per heavy atom. The molecule has 1 aromatic carbocycles. The fourth-order valence-corrected chi connectivity index (χ4v) is 3.59. The van der Waals surface area contributed by atoms with Gasteiger partial charge in [-0.2, -0.15) is 0 Å². The largest absolute Gasteiger partial charge is 0.388 e. The van der Waals surface area contributed by atoms with Crippen molar-refractivity contribution < 1.29 is 14.6 Å². The van der Waals surface area contributed by atoms with Crippen LogP contribution in [0, 0.1) is 0 Å². The second-order valence-corrected chi connectivity index (χ2v) is 7.33. The van der Waals surface area contributed by atoms with Crippen LogP contribution in [0.2, 0.25) is 0 Å². The molecule has 0 unspecified atom stereocenters. The Balaban J connectivity index is 1.47. The number of rotatable bonds is 6. The third-order valence-electron chi connectivity index (χ3n) is 4.30. The molecule has 2 amide bonds. The smallest absolute Gasteiger partial charge is 0.322 e. The number of aliphatic hydroxyl groups excluding tert-OH is 1. The van der Waals surface area contributed by atoms with Crippen LogP contribution in [0.1, 0.15) is 5.69 Å². The molecule has 0 bridgehead atoms. The fraction of sp³-hybridized carbons (Fsp3) is 0.368. The maximum atomic E-state index is 12.3. The average molecular weight is 373 g/mol. The molecule has 26 heavy (non-hydrogen) atoms. The van der Waals surface area contributed by atoms with Crippen molar-refractivity contribution in [2.24, 2.45) is 0 Å². The SMILES string of the molecule is CN(C(=O)Nc1ccc(SCCc2ccccn2)cc1)[C@@H]1COC[C@H]1O. The molecule has 2 N–H and O–H groups in total. The molecule has 1 fully saturated rings. The van der Waals surface area contributed by atoms with E-state index in [2.05, 4.69) is 10.3 Å². The Bertz CT molecular complexity index is 712. The van der Waals surface area contributed by atoms with Crippen LogP contribution in [0.4, 0.5) is 10.5 Å². The van der Waals surface area contributed by atoms with Gasteiger partial charge in [0.05, 0.1) is 25.4 Å². The first-order valence-corrected chi connectivity index (χ1v) is 9.54. The number of benzene rings is 1. The van der Waals surface area contributed by atoms with Crippen molar-refractivity contribution in [1.82, 2.24) is 9.88 Å². The van der Waals surface area contributed by atoms with Gasteiger partial charge >= 0.3 is 6.03 Å². The maximum Gasteiger partial charge on any atom is 0.322 e. The summed E-state index contributed by atoms with van der Waals surface area (Å²) in [6, 6.07) is 13.1. The fourth-order valence-electron chi connectivity index (χ4n) is 2.72. The number of aliphatic hydroxyl groups is 1. The van der Waals surface area contributed by atoms with Crippen molar-refractivity contribution in [1.29, 1.82) is 0 Å². The minimum atomic E-state index is -0.636. The van der Waals surface area contributed by atoms with Gasteiger partial charge in [-0.05, 0) is 42.8 Å². The van der Waals surface area contributed by atoms with Gasteiger partial charge in [-0.15, -0.1) is 11.8 Å². The third kappa shape index (κ3) is 4.97. The molecule has 138 valence electrons. The summed E-state index contributed by atoms with van der Waals surface area (Å²) in [5.41, 5.74) is 1.81. The minimum Gasteiger partial charge on any atom is -0.388 e. The van der Waals surface area contributed by atoms with Gasteiger partial charge < -0.3 is 20.1 Å². The molecule has 2 heterocycles. The molecule has 3 rings (SSSR count). The van der Waals surface area contributed by atoms with Gasteiger partial charge in [-0.1, -0.05) is 6.07 Å². The normalized spacial score (nSPS) is 19.3. The molecule has 0 radical (unpaired) electrons. The van der Waals surface area contributed by atoms with Crippen LogP contribution in [-0.2, 0) is 11.2 Å². The number of thioether (sulfide) groups is 1. The molecule has 1 aliphatic heterocycles. The standard InChI is InChI=1S/C19H23N3O3S/c1-22(17-12-25-13-18(17)23)19(24)21-15-5-7-16(8-6-15)26-11-9-14-4-2-3-10-20-14/h2-8,10,17-18,23H,9,11-13H2,1H3,(H,21,24)/t17-,18-/m1/s1. The molecule has 2 aromatic rings. The number of amides is 2. The lowest BCUT2D eigenvalue weighted by Gasteiger charge is -2.25. The van der Waals surface area contributed by atoms with Gasteiger partial charge in [0, 0.05) is 35.3 Å². The highest BCUT2D eigenvalue weighted by Crippen LogP contribution is 2.22. The number of carbonyl (C=O) groups excluding carboxylic acids is 1. The summed E-state index contributed by atoms with van der Waals surface area (Å²) in [5, 5.41) is 12.7. The number of aryl methyl sites for hydroxylation is 1. The number of urea groups is 1. The molecule has 7 heteroatoms. The van der Waals surface area contributed by atoms with E-state index >= 15 is 0 Å². The number of nitrogens with one attached hydrogen (secondary N) is 1. The number of anilines is 1. The second-order valence-electron chi connectivity index (χ2n) is 6.16. The van der Waals surface area contributed by atoms with Crippen LogP contribution in [0.3, 0.4) is 0 Å². The Labute approximate surface area is 157 Å². The van der Waals surface area contributed by atoms with Gasteiger partial charge in [0.2, 0.25) is 0 Å². The molecule has 1 aliphatic rings.